The van der Waals surface area contributed by atoms with E-state index in [2.05, 4.69) is 20.1 Å². The van der Waals surface area contributed by atoms with Crippen molar-refractivity contribution in [2.24, 2.45) is 0 Å². The summed E-state index contributed by atoms with van der Waals surface area (Å²) in [4.78, 5) is 23.4. The lowest BCUT2D eigenvalue weighted by Crippen LogP contribution is -2.10. The lowest BCUT2D eigenvalue weighted by atomic mass is 10.2. The zero-order valence-electron chi connectivity index (χ0n) is 14.8. The number of nitrogens with one attached hydrogen (secondary N) is 1. The molecule has 2 aromatic carbocycles. The van der Waals surface area contributed by atoms with Crippen LogP contribution in [0.4, 0.5) is 0 Å². The molecule has 0 amide bonds. The van der Waals surface area contributed by atoms with E-state index in [0.29, 0.717) is 39.2 Å². The molecule has 0 atom stereocenters. The molecule has 8 heteroatoms. The Labute approximate surface area is 164 Å². The van der Waals surface area contributed by atoms with Crippen LogP contribution in [0, 0.1) is 6.92 Å². The number of hydrogen-bond acceptors (Lipinski definition) is 6. The first-order valence-electron chi connectivity index (χ1n) is 8.47. The van der Waals surface area contributed by atoms with Gasteiger partial charge in [-0.2, -0.15) is 4.98 Å². The summed E-state index contributed by atoms with van der Waals surface area (Å²) in [6.45, 7) is 1.94. The molecule has 4 rings (SSSR count). The average molecular weight is 395 g/mol. The minimum atomic E-state index is -0.229. The number of ether oxygens (including phenoxy) is 1. The minimum absolute atomic E-state index is 0.218. The number of benzene rings is 2. The van der Waals surface area contributed by atoms with Crippen LogP contribution < -0.4 is 10.3 Å². The van der Waals surface area contributed by atoms with Crippen molar-refractivity contribution in [3.63, 3.8) is 0 Å². The van der Waals surface area contributed by atoms with Crippen LogP contribution in [0.3, 0.4) is 0 Å². The summed E-state index contributed by atoms with van der Waals surface area (Å²) in [5, 5.41) is 4.63. The normalized spacial score (nSPS) is 11.7. The van der Waals surface area contributed by atoms with Crippen molar-refractivity contribution < 1.29 is 9.26 Å². The van der Waals surface area contributed by atoms with Gasteiger partial charge in [-0.25, -0.2) is 4.98 Å². The number of hydrogen-bond donors (Lipinski definition) is 1. The standard InChI is InChI=1S/C20H15ClN4O3/c1-12-22-18(25-28-12)11-27-14-8-6-13(7-9-14)10-16(21)19-23-17-5-3-2-4-15(17)20(26)24-19/h2-10H,11H2,1H3,(H,23,24,26)/b16-10-. The Bertz CT molecular complexity index is 1210. The Hall–Kier alpha value is -3.45. The largest absolute Gasteiger partial charge is 0.485 e. The molecule has 2 heterocycles. The molecule has 0 spiro atoms. The molecule has 0 fully saturated rings. The van der Waals surface area contributed by atoms with E-state index < -0.39 is 0 Å². The van der Waals surface area contributed by atoms with Crippen molar-refractivity contribution in [3.05, 3.63) is 82.0 Å². The summed E-state index contributed by atoms with van der Waals surface area (Å²) in [5.41, 5.74) is 1.20. The first kappa shape index (κ1) is 17.9. The Morgan fingerprint density at radius 2 is 1.96 bits per heavy atom. The summed E-state index contributed by atoms with van der Waals surface area (Å²) in [5.74, 6) is 1.95. The maximum Gasteiger partial charge on any atom is 0.259 e. The van der Waals surface area contributed by atoms with E-state index in [4.69, 9.17) is 20.9 Å². The van der Waals surface area contributed by atoms with Crippen molar-refractivity contribution in [1.29, 1.82) is 0 Å². The van der Waals surface area contributed by atoms with Gasteiger partial charge in [0.2, 0.25) is 11.7 Å². The third kappa shape index (κ3) is 3.94. The molecule has 4 aromatic rings. The van der Waals surface area contributed by atoms with Crippen LogP contribution in [-0.2, 0) is 6.61 Å². The maximum atomic E-state index is 12.2. The Morgan fingerprint density at radius 1 is 1.18 bits per heavy atom. The molecule has 0 bridgehead atoms. The molecule has 0 saturated heterocycles. The monoisotopic (exact) mass is 394 g/mol. The molecular weight excluding hydrogens is 380 g/mol. The van der Waals surface area contributed by atoms with Crippen LogP contribution in [0.2, 0.25) is 0 Å². The average Bonchev–Trinajstić information content (AvgIpc) is 3.12. The van der Waals surface area contributed by atoms with E-state index in [9.17, 15) is 4.79 Å². The number of aromatic amines is 1. The highest BCUT2D eigenvalue weighted by molar-refractivity contribution is 6.50. The second kappa shape index (κ2) is 7.66. The van der Waals surface area contributed by atoms with Gasteiger partial charge in [-0.05, 0) is 35.9 Å². The fraction of sp³-hybridized carbons (Fsp3) is 0.100. The van der Waals surface area contributed by atoms with Crippen molar-refractivity contribution >= 4 is 33.6 Å². The fourth-order valence-electron chi connectivity index (χ4n) is 2.62. The molecule has 0 radical (unpaired) electrons. The topological polar surface area (TPSA) is 93.9 Å². The van der Waals surface area contributed by atoms with Gasteiger partial charge < -0.3 is 14.2 Å². The van der Waals surface area contributed by atoms with Crippen LogP contribution in [-0.4, -0.2) is 20.1 Å². The Morgan fingerprint density at radius 3 is 2.71 bits per heavy atom. The molecule has 2 aromatic heterocycles. The summed E-state index contributed by atoms with van der Waals surface area (Å²) >= 11 is 6.37. The van der Waals surface area contributed by atoms with E-state index in [1.165, 1.54) is 0 Å². The predicted molar refractivity (Wildman–Crippen MR) is 106 cm³/mol. The van der Waals surface area contributed by atoms with Gasteiger partial charge in [-0.15, -0.1) is 0 Å². The third-order valence-electron chi connectivity index (χ3n) is 3.95. The van der Waals surface area contributed by atoms with Gasteiger partial charge in [0.1, 0.15) is 5.75 Å². The van der Waals surface area contributed by atoms with Gasteiger partial charge in [0.15, 0.2) is 12.4 Å². The molecule has 0 aliphatic rings. The maximum absolute atomic E-state index is 12.2. The fourth-order valence-corrected chi connectivity index (χ4v) is 2.84. The molecular formula is C20H15ClN4O3. The summed E-state index contributed by atoms with van der Waals surface area (Å²) < 4.78 is 10.5. The van der Waals surface area contributed by atoms with Gasteiger partial charge in [0.05, 0.1) is 15.9 Å². The SMILES string of the molecule is Cc1nc(COc2ccc(/C=C(\Cl)c3nc4ccccc4c(=O)[nH]3)cc2)no1. The van der Waals surface area contributed by atoms with E-state index in [0.717, 1.165) is 5.56 Å². The molecule has 7 nitrogen and oxygen atoms in total. The number of H-pyrrole nitrogens is 1. The minimum Gasteiger partial charge on any atom is -0.485 e. The third-order valence-corrected chi connectivity index (χ3v) is 4.24. The number of halogens is 1. The van der Waals surface area contributed by atoms with Crippen molar-refractivity contribution in [3.8, 4) is 5.75 Å². The van der Waals surface area contributed by atoms with Gasteiger partial charge in [-0.1, -0.05) is 41.0 Å². The number of para-hydroxylation sites is 1. The van der Waals surface area contributed by atoms with Gasteiger partial charge in [0.25, 0.3) is 5.56 Å². The van der Waals surface area contributed by atoms with Crippen LogP contribution in [0.5, 0.6) is 5.75 Å². The lowest BCUT2D eigenvalue weighted by Gasteiger charge is -2.04. The van der Waals surface area contributed by atoms with E-state index in [1.807, 2.05) is 18.2 Å². The van der Waals surface area contributed by atoms with Crippen molar-refractivity contribution in [2.75, 3.05) is 0 Å². The second-order valence-electron chi connectivity index (χ2n) is 6.01. The zero-order valence-corrected chi connectivity index (χ0v) is 15.6. The highest BCUT2D eigenvalue weighted by Gasteiger charge is 2.07. The molecule has 140 valence electrons. The van der Waals surface area contributed by atoms with Crippen LogP contribution in [0.25, 0.3) is 22.0 Å². The number of aromatic nitrogens is 4. The summed E-state index contributed by atoms with van der Waals surface area (Å²) in [6.07, 6.45) is 1.72. The first-order chi connectivity index (χ1) is 13.6. The summed E-state index contributed by atoms with van der Waals surface area (Å²) in [6, 6.07) is 14.4. The first-order valence-corrected chi connectivity index (χ1v) is 8.85. The van der Waals surface area contributed by atoms with Crippen molar-refractivity contribution in [1.82, 2.24) is 20.1 Å². The number of nitrogens with zero attached hydrogens (tertiary/aromatic N) is 3. The van der Waals surface area contributed by atoms with Gasteiger partial charge >= 0.3 is 0 Å². The van der Waals surface area contributed by atoms with Crippen LogP contribution in [0.15, 0.2) is 57.8 Å². The highest BCUT2D eigenvalue weighted by Crippen LogP contribution is 2.21. The summed E-state index contributed by atoms with van der Waals surface area (Å²) in [7, 11) is 0. The van der Waals surface area contributed by atoms with E-state index >= 15 is 0 Å². The number of fused-ring (bicyclic) bond motifs is 1. The predicted octanol–water partition coefficient (Wildman–Crippen LogP) is 3.93. The molecule has 1 N–H and O–H groups in total. The Balaban J connectivity index is 1.51. The molecule has 0 saturated carbocycles. The lowest BCUT2D eigenvalue weighted by molar-refractivity contribution is 0.285. The zero-order chi connectivity index (χ0) is 19.5. The molecule has 0 aliphatic carbocycles. The quantitative estimate of drug-likeness (QED) is 0.551. The smallest absolute Gasteiger partial charge is 0.259 e. The van der Waals surface area contributed by atoms with Crippen LogP contribution >= 0.6 is 11.6 Å². The highest BCUT2D eigenvalue weighted by atomic mass is 35.5. The number of aryl methyl sites for hydroxylation is 1. The van der Waals surface area contributed by atoms with Crippen molar-refractivity contribution in [2.45, 2.75) is 13.5 Å². The van der Waals surface area contributed by atoms with E-state index in [-0.39, 0.29) is 12.2 Å². The Kier molecular flexibility index (Phi) is 4.90. The number of rotatable bonds is 5. The van der Waals surface area contributed by atoms with Gasteiger partial charge in [0, 0.05) is 6.92 Å². The van der Waals surface area contributed by atoms with E-state index in [1.54, 1.807) is 43.3 Å². The molecule has 0 aliphatic heterocycles. The molecule has 28 heavy (non-hydrogen) atoms. The second-order valence-corrected chi connectivity index (χ2v) is 6.42. The molecule has 0 unspecified atom stereocenters. The van der Waals surface area contributed by atoms with Crippen LogP contribution in [0.1, 0.15) is 23.1 Å². The van der Waals surface area contributed by atoms with Gasteiger partial charge in [-0.3, -0.25) is 4.79 Å².